The van der Waals surface area contributed by atoms with Crippen molar-refractivity contribution in [2.75, 3.05) is 5.88 Å². The highest BCUT2D eigenvalue weighted by molar-refractivity contribution is 9.10. The average molecular weight is 355 g/mol. The quantitative estimate of drug-likeness (QED) is 0.613. The van der Waals surface area contributed by atoms with Crippen LogP contribution in [0.2, 0.25) is 10.0 Å². The van der Waals surface area contributed by atoms with Crippen LogP contribution in [-0.4, -0.2) is 20.9 Å². The van der Waals surface area contributed by atoms with Crippen molar-refractivity contribution >= 4 is 50.7 Å². The maximum Gasteiger partial charge on any atom is 0.0865 e. The predicted molar refractivity (Wildman–Crippen MR) is 73.5 cm³/mol. The molecule has 0 spiro atoms. The molecule has 0 fully saturated rings. The number of nitrogens with zero attached hydrogens (tertiary/aromatic N) is 3. The van der Waals surface area contributed by atoms with E-state index in [2.05, 4.69) is 26.2 Å². The predicted octanol–water partition coefficient (Wildman–Crippen LogP) is 4.12. The summed E-state index contributed by atoms with van der Waals surface area (Å²) in [6.07, 6.45) is 2.46. The molecule has 7 heteroatoms. The summed E-state index contributed by atoms with van der Waals surface area (Å²) in [6, 6.07) is 3.63. The summed E-state index contributed by atoms with van der Waals surface area (Å²) in [6.45, 7) is 0. The molecular weight excluding hydrogens is 348 g/mol. The molecule has 0 atom stereocenters. The van der Waals surface area contributed by atoms with Gasteiger partial charge in [0.1, 0.15) is 0 Å². The third-order valence-electron chi connectivity index (χ3n) is 2.15. The van der Waals surface area contributed by atoms with Crippen LogP contribution in [0.25, 0.3) is 5.69 Å². The molecule has 0 radical (unpaired) electrons. The van der Waals surface area contributed by atoms with Crippen molar-refractivity contribution in [2.24, 2.45) is 0 Å². The summed E-state index contributed by atoms with van der Waals surface area (Å²) in [7, 11) is 0. The second kappa shape index (κ2) is 5.57. The van der Waals surface area contributed by atoms with E-state index in [-0.39, 0.29) is 0 Å². The molecule has 1 aromatic heterocycles. The van der Waals surface area contributed by atoms with Gasteiger partial charge in [0, 0.05) is 16.8 Å². The molecule has 90 valence electrons. The monoisotopic (exact) mass is 353 g/mol. The van der Waals surface area contributed by atoms with E-state index in [1.54, 1.807) is 10.9 Å². The lowest BCUT2D eigenvalue weighted by atomic mass is 10.3. The van der Waals surface area contributed by atoms with Gasteiger partial charge in [-0.05, 0) is 28.1 Å². The number of halogens is 4. The summed E-state index contributed by atoms with van der Waals surface area (Å²) in [5.74, 6) is 0.507. The summed E-state index contributed by atoms with van der Waals surface area (Å²) in [5.41, 5.74) is 1.50. The Hall–Kier alpha value is -0.290. The first kappa shape index (κ1) is 13.1. The molecule has 3 nitrogen and oxygen atoms in total. The minimum Gasteiger partial charge on any atom is -0.219 e. The highest BCUT2D eigenvalue weighted by atomic mass is 79.9. The number of aromatic nitrogens is 3. The topological polar surface area (TPSA) is 30.7 Å². The van der Waals surface area contributed by atoms with Crippen LogP contribution in [0.3, 0.4) is 0 Å². The van der Waals surface area contributed by atoms with E-state index in [9.17, 15) is 0 Å². The Balaban J connectivity index is 2.42. The molecular formula is C10H7BrCl3N3. The van der Waals surface area contributed by atoms with Crippen molar-refractivity contribution < 1.29 is 0 Å². The van der Waals surface area contributed by atoms with Gasteiger partial charge >= 0.3 is 0 Å². The summed E-state index contributed by atoms with van der Waals surface area (Å²) in [5, 5.41) is 8.87. The number of rotatable bonds is 3. The van der Waals surface area contributed by atoms with Gasteiger partial charge in [-0.2, -0.15) is 0 Å². The van der Waals surface area contributed by atoms with E-state index in [4.69, 9.17) is 34.8 Å². The normalized spacial score (nSPS) is 10.8. The van der Waals surface area contributed by atoms with Gasteiger partial charge in [-0.15, -0.1) is 16.7 Å². The molecule has 0 amide bonds. The van der Waals surface area contributed by atoms with Gasteiger partial charge < -0.3 is 0 Å². The van der Waals surface area contributed by atoms with E-state index >= 15 is 0 Å². The maximum absolute atomic E-state index is 6.14. The SMILES string of the molecule is ClCCc1cn(-c2ccc(Br)c(Cl)c2Cl)nn1. The zero-order valence-electron chi connectivity index (χ0n) is 8.50. The average Bonchev–Trinajstić information content (AvgIpc) is 2.75. The fourth-order valence-electron chi connectivity index (χ4n) is 1.32. The van der Waals surface area contributed by atoms with Crippen molar-refractivity contribution in [3.8, 4) is 5.69 Å². The maximum atomic E-state index is 6.14. The molecule has 0 unspecified atom stereocenters. The van der Waals surface area contributed by atoms with Crippen LogP contribution < -0.4 is 0 Å². The Morgan fingerprint density at radius 3 is 2.71 bits per heavy atom. The van der Waals surface area contributed by atoms with Crippen molar-refractivity contribution in [2.45, 2.75) is 6.42 Å². The lowest BCUT2D eigenvalue weighted by Gasteiger charge is -2.06. The largest absolute Gasteiger partial charge is 0.219 e. The van der Waals surface area contributed by atoms with Gasteiger partial charge in [0.2, 0.25) is 0 Å². The van der Waals surface area contributed by atoms with Gasteiger partial charge in [-0.3, -0.25) is 0 Å². The molecule has 0 bridgehead atoms. The van der Waals surface area contributed by atoms with E-state index in [0.717, 1.165) is 10.2 Å². The van der Waals surface area contributed by atoms with Crippen molar-refractivity contribution in [1.29, 1.82) is 0 Å². The van der Waals surface area contributed by atoms with Crippen molar-refractivity contribution in [3.05, 3.63) is 38.5 Å². The molecule has 0 saturated carbocycles. The lowest BCUT2D eigenvalue weighted by molar-refractivity contribution is 0.798. The van der Waals surface area contributed by atoms with Crippen LogP contribution >= 0.6 is 50.7 Å². The third kappa shape index (κ3) is 2.76. The lowest BCUT2D eigenvalue weighted by Crippen LogP contribution is -1.96. The smallest absolute Gasteiger partial charge is 0.0865 e. The second-order valence-corrected chi connectivity index (χ2v) is 5.28. The molecule has 2 aromatic rings. The number of aryl methyl sites for hydroxylation is 1. The van der Waals surface area contributed by atoms with Gasteiger partial charge in [-0.25, -0.2) is 4.68 Å². The Morgan fingerprint density at radius 2 is 2.00 bits per heavy atom. The van der Waals surface area contributed by atoms with E-state index in [0.29, 0.717) is 28.0 Å². The molecule has 17 heavy (non-hydrogen) atoms. The molecule has 0 aliphatic heterocycles. The zero-order valence-corrected chi connectivity index (χ0v) is 12.4. The Morgan fingerprint density at radius 1 is 1.24 bits per heavy atom. The fraction of sp³-hybridized carbons (Fsp3) is 0.200. The van der Waals surface area contributed by atoms with Crippen molar-refractivity contribution in [1.82, 2.24) is 15.0 Å². The highest BCUT2D eigenvalue weighted by Gasteiger charge is 2.11. The molecule has 0 aliphatic rings. The van der Waals surface area contributed by atoms with E-state index in [1.165, 1.54) is 0 Å². The molecule has 0 saturated heterocycles. The first-order valence-corrected chi connectivity index (χ1v) is 6.83. The number of benzene rings is 1. The first-order chi connectivity index (χ1) is 8.13. The summed E-state index contributed by atoms with van der Waals surface area (Å²) in [4.78, 5) is 0. The minimum atomic E-state index is 0.434. The van der Waals surface area contributed by atoms with Gasteiger partial charge in [0.25, 0.3) is 0 Å². The summed E-state index contributed by atoms with van der Waals surface area (Å²) < 4.78 is 2.33. The van der Waals surface area contributed by atoms with Crippen molar-refractivity contribution in [3.63, 3.8) is 0 Å². The number of hydrogen-bond donors (Lipinski definition) is 0. The molecule has 2 rings (SSSR count). The van der Waals surface area contributed by atoms with Gasteiger partial charge in [0.05, 0.1) is 27.6 Å². The van der Waals surface area contributed by atoms with Crippen LogP contribution in [0.15, 0.2) is 22.8 Å². The first-order valence-electron chi connectivity index (χ1n) is 4.74. The Labute approximate surface area is 122 Å². The minimum absolute atomic E-state index is 0.434. The van der Waals surface area contributed by atoms with Crippen LogP contribution in [0.5, 0.6) is 0 Å². The Bertz CT molecular complexity index is 542. The third-order valence-corrected chi connectivity index (χ3v) is 4.10. The number of alkyl halides is 1. The van der Waals surface area contributed by atoms with Crippen LogP contribution in [0.1, 0.15) is 5.69 Å². The van der Waals surface area contributed by atoms with E-state index < -0.39 is 0 Å². The molecule has 0 N–H and O–H groups in total. The van der Waals surface area contributed by atoms with Crippen LogP contribution in [-0.2, 0) is 6.42 Å². The van der Waals surface area contributed by atoms with E-state index in [1.807, 2.05) is 12.1 Å². The van der Waals surface area contributed by atoms with Crippen LogP contribution in [0, 0.1) is 0 Å². The van der Waals surface area contributed by atoms with Gasteiger partial charge in [0.15, 0.2) is 0 Å². The summed E-state index contributed by atoms with van der Waals surface area (Å²) >= 11 is 21.1. The molecule has 0 aliphatic carbocycles. The van der Waals surface area contributed by atoms with Gasteiger partial charge in [-0.1, -0.05) is 28.4 Å². The Kier molecular flexibility index (Phi) is 4.31. The molecule has 1 aromatic carbocycles. The highest BCUT2D eigenvalue weighted by Crippen LogP contribution is 2.34. The standard InChI is InChI=1S/C10H7BrCl3N3/c11-7-1-2-8(10(14)9(7)13)17-5-6(3-4-12)15-16-17/h1-2,5H,3-4H2. The fourth-order valence-corrected chi connectivity index (χ4v) is 2.37. The number of hydrogen-bond acceptors (Lipinski definition) is 2. The molecule has 1 heterocycles. The van der Waals surface area contributed by atoms with Crippen LogP contribution in [0.4, 0.5) is 0 Å². The zero-order chi connectivity index (χ0) is 12.4. The second-order valence-electron chi connectivity index (χ2n) is 3.29.